The molecular weight excluding hydrogens is 420 g/mol. The Bertz CT molecular complexity index is 1070. The van der Waals surface area contributed by atoms with Gasteiger partial charge < -0.3 is 19.7 Å². The molecule has 4 aliphatic rings. The van der Waals surface area contributed by atoms with E-state index in [1.165, 1.54) is 32.1 Å². The van der Waals surface area contributed by atoms with Crippen molar-refractivity contribution in [3.63, 3.8) is 0 Å². The fraction of sp³-hybridized carbons (Fsp3) is 0.560. The number of nitrogens with zero attached hydrogens (tertiary/aromatic N) is 3. The van der Waals surface area contributed by atoms with E-state index in [2.05, 4.69) is 15.3 Å². The number of amides is 2. The minimum atomic E-state index is -0.214. The minimum Gasteiger partial charge on any atom is -0.454 e. The summed E-state index contributed by atoms with van der Waals surface area (Å²) in [7, 11) is 0. The molecule has 0 unspecified atom stereocenters. The summed E-state index contributed by atoms with van der Waals surface area (Å²) < 4.78 is 12.6. The van der Waals surface area contributed by atoms with Gasteiger partial charge in [-0.2, -0.15) is 5.10 Å². The number of benzene rings is 1. The SMILES string of the molecule is O=C(Nc1ccnn1C1CCN(C(=O)[C@@H]2CC23CCCCC3)CC1)c1ccc2c(c1)OCO2. The first-order chi connectivity index (χ1) is 16.1. The molecule has 0 bridgehead atoms. The number of rotatable bonds is 4. The number of aromatic nitrogens is 2. The maximum atomic E-state index is 13.1. The molecule has 3 heterocycles. The van der Waals surface area contributed by atoms with Crippen LogP contribution in [0.2, 0.25) is 0 Å². The average molecular weight is 451 g/mol. The molecule has 6 rings (SSSR count). The normalized spacial score (nSPS) is 23.5. The zero-order valence-corrected chi connectivity index (χ0v) is 18.8. The average Bonchev–Trinajstić information content (AvgIpc) is 3.19. The first-order valence-electron chi connectivity index (χ1n) is 12.2. The van der Waals surface area contributed by atoms with E-state index in [-0.39, 0.29) is 24.7 Å². The standard InChI is InChI=1S/C25H30N4O4/c30-23(17-4-5-20-21(14-17)33-16-32-20)27-22-6-11-26-29(22)18-7-12-28(13-8-18)24(31)19-15-25(19)9-2-1-3-10-25/h4-6,11,14,18-19H,1-3,7-10,12-13,15-16H2,(H,27,30)/t19-/m0/s1. The van der Waals surface area contributed by atoms with Crippen LogP contribution in [0.4, 0.5) is 5.82 Å². The van der Waals surface area contributed by atoms with Gasteiger partial charge in [-0.15, -0.1) is 0 Å². The summed E-state index contributed by atoms with van der Waals surface area (Å²) in [5.74, 6) is 2.32. The molecule has 2 aliphatic carbocycles. The van der Waals surface area contributed by atoms with Gasteiger partial charge in [-0.25, -0.2) is 4.68 Å². The lowest BCUT2D eigenvalue weighted by atomic mass is 9.84. The van der Waals surface area contributed by atoms with Crippen molar-refractivity contribution >= 4 is 17.6 Å². The molecule has 2 saturated carbocycles. The summed E-state index contributed by atoms with van der Waals surface area (Å²) in [6.45, 7) is 1.69. The Morgan fingerprint density at radius 2 is 1.82 bits per heavy atom. The van der Waals surface area contributed by atoms with Crippen molar-refractivity contribution in [2.75, 3.05) is 25.2 Å². The minimum absolute atomic E-state index is 0.166. The highest BCUT2D eigenvalue weighted by atomic mass is 16.7. The van der Waals surface area contributed by atoms with Gasteiger partial charge in [0, 0.05) is 30.6 Å². The van der Waals surface area contributed by atoms with E-state index in [0.29, 0.717) is 34.2 Å². The highest BCUT2D eigenvalue weighted by molar-refractivity contribution is 6.04. The molecule has 8 heteroatoms. The lowest BCUT2D eigenvalue weighted by Crippen LogP contribution is -2.41. The smallest absolute Gasteiger partial charge is 0.256 e. The third kappa shape index (κ3) is 3.75. The van der Waals surface area contributed by atoms with Gasteiger partial charge in [0.05, 0.1) is 12.2 Å². The van der Waals surface area contributed by atoms with Gasteiger partial charge in [0.2, 0.25) is 12.7 Å². The van der Waals surface area contributed by atoms with Gasteiger partial charge in [-0.3, -0.25) is 9.59 Å². The second-order valence-electron chi connectivity index (χ2n) is 9.92. The molecular formula is C25H30N4O4. The summed E-state index contributed by atoms with van der Waals surface area (Å²) in [5.41, 5.74) is 0.842. The lowest BCUT2D eigenvalue weighted by Gasteiger charge is -2.34. The molecule has 1 atom stereocenters. The van der Waals surface area contributed by atoms with E-state index in [9.17, 15) is 9.59 Å². The van der Waals surface area contributed by atoms with Crippen LogP contribution in [0.1, 0.15) is 67.8 Å². The maximum Gasteiger partial charge on any atom is 0.256 e. The Morgan fingerprint density at radius 1 is 1.03 bits per heavy atom. The van der Waals surface area contributed by atoms with Crippen LogP contribution < -0.4 is 14.8 Å². The maximum absolute atomic E-state index is 13.1. The highest BCUT2D eigenvalue weighted by Gasteiger charge is 2.58. The zero-order valence-electron chi connectivity index (χ0n) is 18.8. The third-order valence-corrected chi connectivity index (χ3v) is 8.01. The first-order valence-corrected chi connectivity index (χ1v) is 12.2. The number of carbonyl (C=O) groups is 2. The highest BCUT2D eigenvalue weighted by Crippen LogP contribution is 2.62. The van der Waals surface area contributed by atoms with Crippen LogP contribution in [-0.2, 0) is 4.79 Å². The predicted molar refractivity (Wildman–Crippen MR) is 121 cm³/mol. The second-order valence-corrected chi connectivity index (χ2v) is 9.92. The molecule has 33 heavy (non-hydrogen) atoms. The molecule has 1 saturated heterocycles. The van der Waals surface area contributed by atoms with Crippen molar-refractivity contribution in [1.29, 1.82) is 0 Å². The van der Waals surface area contributed by atoms with E-state index >= 15 is 0 Å². The van der Waals surface area contributed by atoms with Gasteiger partial charge in [0.1, 0.15) is 5.82 Å². The zero-order chi connectivity index (χ0) is 22.4. The molecule has 2 amide bonds. The van der Waals surface area contributed by atoms with Gasteiger partial charge in [0.15, 0.2) is 11.5 Å². The van der Waals surface area contributed by atoms with Crippen LogP contribution in [-0.4, -0.2) is 46.4 Å². The van der Waals surface area contributed by atoms with E-state index < -0.39 is 0 Å². The number of likely N-dealkylation sites (tertiary alicyclic amines) is 1. The van der Waals surface area contributed by atoms with Crippen LogP contribution in [0.3, 0.4) is 0 Å². The van der Waals surface area contributed by atoms with Crippen molar-refractivity contribution in [1.82, 2.24) is 14.7 Å². The number of hydrogen-bond acceptors (Lipinski definition) is 5. The van der Waals surface area contributed by atoms with Crippen molar-refractivity contribution in [3.05, 3.63) is 36.0 Å². The summed E-state index contributed by atoms with van der Waals surface area (Å²) in [6, 6.07) is 7.15. The van der Waals surface area contributed by atoms with E-state index in [0.717, 1.165) is 32.4 Å². The molecule has 2 aliphatic heterocycles. The second kappa shape index (κ2) is 8.08. The van der Waals surface area contributed by atoms with E-state index in [1.807, 2.05) is 10.7 Å². The van der Waals surface area contributed by atoms with Crippen molar-refractivity contribution in [2.24, 2.45) is 11.3 Å². The Labute approximate surface area is 193 Å². The van der Waals surface area contributed by atoms with Gasteiger partial charge in [-0.1, -0.05) is 19.3 Å². The van der Waals surface area contributed by atoms with Crippen molar-refractivity contribution in [3.8, 4) is 11.5 Å². The molecule has 1 N–H and O–H groups in total. The fourth-order valence-electron chi connectivity index (χ4n) is 5.99. The molecule has 1 aromatic heterocycles. The third-order valence-electron chi connectivity index (χ3n) is 8.01. The van der Waals surface area contributed by atoms with Gasteiger partial charge >= 0.3 is 0 Å². The number of carbonyl (C=O) groups excluding carboxylic acids is 2. The van der Waals surface area contributed by atoms with Crippen molar-refractivity contribution < 1.29 is 19.1 Å². The molecule has 8 nitrogen and oxygen atoms in total. The molecule has 1 aromatic carbocycles. The Kier molecular flexibility index (Phi) is 5.03. The predicted octanol–water partition coefficient (Wildman–Crippen LogP) is 4.00. The molecule has 0 radical (unpaired) electrons. The van der Waals surface area contributed by atoms with Crippen molar-refractivity contribution in [2.45, 2.75) is 57.4 Å². The van der Waals surface area contributed by atoms with Gasteiger partial charge in [-0.05, 0) is 55.7 Å². The molecule has 174 valence electrons. The quantitative estimate of drug-likeness (QED) is 0.761. The van der Waals surface area contributed by atoms with Crippen LogP contribution in [0.5, 0.6) is 11.5 Å². The number of piperidine rings is 1. The number of hydrogen-bond donors (Lipinski definition) is 1. The van der Waals surface area contributed by atoms with Gasteiger partial charge in [0.25, 0.3) is 5.91 Å². The van der Waals surface area contributed by atoms with Crippen LogP contribution >= 0.6 is 0 Å². The number of fused-ring (bicyclic) bond motifs is 1. The summed E-state index contributed by atoms with van der Waals surface area (Å²) in [5, 5.41) is 7.46. The van der Waals surface area contributed by atoms with Crippen LogP contribution in [0, 0.1) is 11.3 Å². The van der Waals surface area contributed by atoms with E-state index in [4.69, 9.17) is 9.47 Å². The largest absolute Gasteiger partial charge is 0.454 e. The van der Waals surface area contributed by atoms with Crippen LogP contribution in [0.15, 0.2) is 30.5 Å². The first kappa shape index (κ1) is 20.6. The monoisotopic (exact) mass is 450 g/mol. The number of nitrogens with one attached hydrogen (secondary N) is 1. The lowest BCUT2D eigenvalue weighted by molar-refractivity contribution is -0.135. The number of anilines is 1. The summed E-state index contributed by atoms with van der Waals surface area (Å²) in [4.78, 5) is 28.0. The molecule has 2 aromatic rings. The summed E-state index contributed by atoms with van der Waals surface area (Å²) in [6.07, 6.45) is 10.9. The Balaban J connectivity index is 1.07. The molecule has 3 fully saturated rings. The fourth-order valence-corrected chi connectivity index (χ4v) is 5.99. The Hall–Kier alpha value is -3.03. The van der Waals surface area contributed by atoms with Crippen LogP contribution in [0.25, 0.3) is 0 Å². The number of ether oxygens (including phenoxy) is 2. The Morgan fingerprint density at radius 3 is 2.64 bits per heavy atom. The summed E-state index contributed by atoms with van der Waals surface area (Å²) >= 11 is 0. The van der Waals surface area contributed by atoms with E-state index in [1.54, 1.807) is 24.4 Å². The topological polar surface area (TPSA) is 85.7 Å². The molecule has 1 spiro atoms.